The molecular formula is C22H21NO4S. The summed E-state index contributed by atoms with van der Waals surface area (Å²) in [7, 11) is -0.641. The first kappa shape index (κ1) is 18.4. The third-order valence-electron chi connectivity index (χ3n) is 5.10. The van der Waals surface area contributed by atoms with Crippen LogP contribution in [0.15, 0.2) is 71.6 Å². The van der Waals surface area contributed by atoms with Crippen LogP contribution in [0.1, 0.15) is 18.5 Å². The largest absolute Gasteiger partial charge is 0.497 e. The van der Waals surface area contributed by atoms with Crippen LogP contribution in [0, 0.1) is 0 Å². The molecule has 0 aliphatic carbocycles. The minimum absolute atomic E-state index is 0.216. The summed E-state index contributed by atoms with van der Waals surface area (Å²) in [4.78, 5) is 0.216. The zero-order chi connectivity index (χ0) is 19.9. The van der Waals surface area contributed by atoms with Crippen LogP contribution < -0.4 is 13.8 Å². The van der Waals surface area contributed by atoms with E-state index in [2.05, 4.69) is 0 Å². The van der Waals surface area contributed by atoms with Gasteiger partial charge in [0.25, 0.3) is 10.0 Å². The van der Waals surface area contributed by atoms with Gasteiger partial charge in [-0.25, -0.2) is 8.42 Å². The molecule has 0 aromatic heterocycles. The Morgan fingerprint density at radius 3 is 2.18 bits per heavy atom. The Kier molecular flexibility index (Phi) is 4.51. The van der Waals surface area contributed by atoms with Crippen molar-refractivity contribution in [1.29, 1.82) is 0 Å². The van der Waals surface area contributed by atoms with Crippen molar-refractivity contribution >= 4 is 15.7 Å². The first-order valence-electron chi connectivity index (χ1n) is 8.94. The van der Waals surface area contributed by atoms with Gasteiger partial charge < -0.3 is 9.47 Å². The Labute approximate surface area is 165 Å². The Morgan fingerprint density at radius 2 is 1.50 bits per heavy atom. The molecule has 0 saturated carbocycles. The van der Waals surface area contributed by atoms with Crippen LogP contribution in [0.3, 0.4) is 0 Å². The molecule has 1 atom stereocenters. The van der Waals surface area contributed by atoms with Crippen LogP contribution in [0.25, 0.3) is 11.1 Å². The Balaban J connectivity index is 1.94. The van der Waals surface area contributed by atoms with Gasteiger partial charge in [0.15, 0.2) is 0 Å². The van der Waals surface area contributed by atoms with E-state index in [0.29, 0.717) is 17.2 Å². The summed E-state index contributed by atoms with van der Waals surface area (Å²) < 4.78 is 39.4. The number of hydrogen-bond donors (Lipinski definition) is 0. The molecule has 0 bridgehead atoms. The molecule has 1 aliphatic heterocycles. The number of sulfonamides is 1. The number of benzene rings is 3. The summed E-state index contributed by atoms with van der Waals surface area (Å²) in [5.41, 5.74) is 3.38. The average Bonchev–Trinajstić information content (AvgIpc) is 2.73. The Morgan fingerprint density at radius 1 is 0.821 bits per heavy atom. The van der Waals surface area contributed by atoms with Gasteiger partial charge in [-0.2, -0.15) is 0 Å². The predicted octanol–water partition coefficient (Wildman–Crippen LogP) is 4.64. The highest BCUT2D eigenvalue weighted by molar-refractivity contribution is 7.92. The summed E-state index contributed by atoms with van der Waals surface area (Å²) in [5, 5.41) is 0. The zero-order valence-electron chi connectivity index (χ0n) is 15.9. The monoisotopic (exact) mass is 395 g/mol. The van der Waals surface area contributed by atoms with Crippen LogP contribution in [0.5, 0.6) is 11.5 Å². The molecule has 1 aliphatic rings. The maximum atomic E-state index is 13.6. The van der Waals surface area contributed by atoms with Crippen LogP contribution in [-0.4, -0.2) is 22.6 Å². The number of para-hydroxylation sites is 1. The summed E-state index contributed by atoms with van der Waals surface area (Å²) in [5.74, 6) is 1.28. The van der Waals surface area contributed by atoms with Gasteiger partial charge >= 0.3 is 0 Å². The lowest BCUT2D eigenvalue weighted by Crippen LogP contribution is -2.36. The lowest BCUT2D eigenvalue weighted by Gasteiger charge is -2.38. The standard InChI is InChI=1S/C22H21NO4S/c1-15-22-19(8-6-10-21(22)27-3)18-7-4-5-9-20(18)23(15)28(24,25)17-13-11-16(26-2)12-14-17/h4-15H,1-3H3. The van der Waals surface area contributed by atoms with Gasteiger partial charge in [-0.3, -0.25) is 4.31 Å². The zero-order valence-corrected chi connectivity index (χ0v) is 16.7. The first-order valence-corrected chi connectivity index (χ1v) is 10.4. The van der Waals surface area contributed by atoms with E-state index in [4.69, 9.17) is 9.47 Å². The van der Waals surface area contributed by atoms with E-state index in [1.165, 1.54) is 4.31 Å². The van der Waals surface area contributed by atoms with Crippen LogP contribution in [0.4, 0.5) is 5.69 Å². The van der Waals surface area contributed by atoms with Crippen molar-refractivity contribution in [3.05, 3.63) is 72.3 Å². The molecule has 0 fully saturated rings. The first-order chi connectivity index (χ1) is 13.5. The highest BCUT2D eigenvalue weighted by Crippen LogP contribution is 2.49. The van der Waals surface area contributed by atoms with Gasteiger partial charge in [0.1, 0.15) is 11.5 Å². The van der Waals surface area contributed by atoms with E-state index in [1.807, 2.05) is 49.4 Å². The van der Waals surface area contributed by atoms with E-state index in [1.54, 1.807) is 38.5 Å². The topological polar surface area (TPSA) is 55.8 Å². The van der Waals surface area contributed by atoms with Crippen molar-refractivity contribution in [2.75, 3.05) is 18.5 Å². The number of nitrogens with zero attached hydrogens (tertiary/aromatic N) is 1. The molecule has 3 aromatic carbocycles. The highest BCUT2D eigenvalue weighted by atomic mass is 32.2. The second-order valence-electron chi connectivity index (χ2n) is 6.59. The van der Waals surface area contributed by atoms with Gasteiger partial charge in [0, 0.05) is 11.1 Å². The summed E-state index contributed by atoms with van der Waals surface area (Å²) in [6.45, 7) is 1.89. The number of rotatable bonds is 4. The summed E-state index contributed by atoms with van der Waals surface area (Å²) in [6, 6.07) is 19.4. The second-order valence-corrected chi connectivity index (χ2v) is 8.41. The minimum Gasteiger partial charge on any atom is -0.497 e. The third kappa shape index (κ3) is 2.72. The highest BCUT2D eigenvalue weighted by Gasteiger charge is 2.38. The number of methoxy groups -OCH3 is 2. The fourth-order valence-electron chi connectivity index (χ4n) is 3.81. The summed E-state index contributed by atoms with van der Waals surface area (Å²) in [6.07, 6.45) is 0. The van der Waals surface area contributed by atoms with Crippen LogP contribution >= 0.6 is 0 Å². The number of fused-ring (bicyclic) bond motifs is 3. The third-order valence-corrected chi connectivity index (χ3v) is 7.00. The molecule has 0 spiro atoms. The molecular weight excluding hydrogens is 374 g/mol. The van der Waals surface area contributed by atoms with Crippen LogP contribution in [0.2, 0.25) is 0 Å². The fourth-order valence-corrected chi connectivity index (χ4v) is 5.45. The summed E-state index contributed by atoms with van der Waals surface area (Å²) >= 11 is 0. The van der Waals surface area contributed by atoms with Crippen molar-refractivity contribution in [3.63, 3.8) is 0 Å². The maximum Gasteiger partial charge on any atom is 0.264 e. The SMILES string of the molecule is COc1ccc(S(=O)(=O)N2c3ccccc3-c3cccc(OC)c3C2C)cc1. The molecule has 3 aromatic rings. The Hall–Kier alpha value is -2.99. The van der Waals surface area contributed by atoms with Gasteiger partial charge in [-0.1, -0.05) is 30.3 Å². The van der Waals surface area contributed by atoms with E-state index in [-0.39, 0.29) is 4.90 Å². The van der Waals surface area contributed by atoms with Crippen molar-refractivity contribution in [2.24, 2.45) is 0 Å². The molecule has 28 heavy (non-hydrogen) atoms. The molecule has 1 heterocycles. The molecule has 0 N–H and O–H groups in total. The molecule has 0 saturated heterocycles. The maximum absolute atomic E-state index is 13.6. The van der Waals surface area contributed by atoms with Gasteiger partial charge in [-0.15, -0.1) is 0 Å². The van der Waals surface area contributed by atoms with Crippen molar-refractivity contribution in [2.45, 2.75) is 17.9 Å². The number of hydrogen-bond acceptors (Lipinski definition) is 4. The molecule has 6 heteroatoms. The number of ether oxygens (including phenoxy) is 2. The quantitative estimate of drug-likeness (QED) is 0.646. The average molecular weight is 395 g/mol. The smallest absolute Gasteiger partial charge is 0.264 e. The molecule has 144 valence electrons. The normalized spacial score (nSPS) is 15.5. The van der Waals surface area contributed by atoms with E-state index >= 15 is 0 Å². The lowest BCUT2D eigenvalue weighted by molar-refractivity contribution is 0.407. The van der Waals surface area contributed by atoms with Gasteiger partial charge in [0.2, 0.25) is 0 Å². The molecule has 1 unspecified atom stereocenters. The fraction of sp³-hybridized carbons (Fsp3) is 0.182. The van der Waals surface area contributed by atoms with Crippen molar-refractivity contribution in [1.82, 2.24) is 0 Å². The molecule has 5 nitrogen and oxygen atoms in total. The minimum atomic E-state index is -3.80. The van der Waals surface area contributed by atoms with Crippen molar-refractivity contribution < 1.29 is 17.9 Å². The van der Waals surface area contributed by atoms with E-state index < -0.39 is 16.1 Å². The molecule has 0 amide bonds. The van der Waals surface area contributed by atoms with E-state index in [0.717, 1.165) is 16.7 Å². The predicted molar refractivity (Wildman–Crippen MR) is 110 cm³/mol. The van der Waals surface area contributed by atoms with Gasteiger partial charge in [0.05, 0.1) is 30.8 Å². The lowest BCUT2D eigenvalue weighted by atomic mass is 9.89. The van der Waals surface area contributed by atoms with Crippen molar-refractivity contribution in [3.8, 4) is 22.6 Å². The van der Waals surface area contributed by atoms with E-state index in [9.17, 15) is 8.42 Å². The van der Waals surface area contributed by atoms with Gasteiger partial charge in [-0.05, 0) is 48.9 Å². The van der Waals surface area contributed by atoms with Crippen LogP contribution in [-0.2, 0) is 10.0 Å². The molecule has 4 rings (SSSR count). The second kappa shape index (κ2) is 6.87. The number of anilines is 1. The molecule has 0 radical (unpaired) electrons. The Bertz CT molecular complexity index is 1120.